The van der Waals surface area contributed by atoms with E-state index in [-0.39, 0.29) is 5.91 Å². The second kappa shape index (κ2) is 8.71. The van der Waals surface area contributed by atoms with Gasteiger partial charge in [-0.25, -0.2) is 4.68 Å². The van der Waals surface area contributed by atoms with E-state index in [2.05, 4.69) is 4.90 Å². The Hall–Kier alpha value is -2.48. The summed E-state index contributed by atoms with van der Waals surface area (Å²) >= 11 is 1.61. The van der Waals surface area contributed by atoms with Crippen LogP contribution in [-0.4, -0.2) is 70.9 Å². The molecule has 1 amide bonds. The molecule has 30 heavy (non-hydrogen) atoms. The number of piperazine rings is 1. The lowest BCUT2D eigenvalue weighted by Crippen LogP contribution is -2.50. The summed E-state index contributed by atoms with van der Waals surface area (Å²) in [5.41, 5.74) is 2.39. The summed E-state index contributed by atoms with van der Waals surface area (Å²) in [5, 5.41) is 6.80. The highest BCUT2D eigenvalue weighted by atomic mass is 32.1. The van der Waals surface area contributed by atoms with Crippen molar-refractivity contribution in [1.29, 1.82) is 0 Å². The number of rotatable bonds is 5. The number of carbonyl (C=O) groups excluding carboxylic acids is 1. The quantitative estimate of drug-likeness (QED) is 0.631. The lowest BCUT2D eigenvalue weighted by Gasteiger charge is -2.35. The summed E-state index contributed by atoms with van der Waals surface area (Å²) in [5.74, 6) is 0.0670. The third-order valence-electron chi connectivity index (χ3n) is 5.87. The van der Waals surface area contributed by atoms with Crippen LogP contribution in [0.1, 0.15) is 23.2 Å². The molecule has 0 bridgehead atoms. The molecule has 2 fully saturated rings. The number of aromatic nitrogens is 2. The van der Waals surface area contributed by atoms with Gasteiger partial charge in [0.2, 0.25) is 0 Å². The van der Waals surface area contributed by atoms with Crippen LogP contribution in [0.3, 0.4) is 0 Å². The van der Waals surface area contributed by atoms with Gasteiger partial charge >= 0.3 is 0 Å². The Kier molecular flexibility index (Phi) is 5.66. The molecule has 4 heterocycles. The van der Waals surface area contributed by atoms with Crippen molar-refractivity contribution >= 4 is 17.2 Å². The van der Waals surface area contributed by atoms with Gasteiger partial charge in [-0.2, -0.15) is 5.10 Å². The fraction of sp³-hybridized carbons (Fsp3) is 0.391. The minimum Gasteiger partial charge on any atom is -0.377 e. The first-order valence-corrected chi connectivity index (χ1v) is 11.5. The van der Waals surface area contributed by atoms with Crippen LogP contribution in [0.5, 0.6) is 0 Å². The first kappa shape index (κ1) is 19.5. The van der Waals surface area contributed by atoms with Crippen LogP contribution in [0.4, 0.5) is 0 Å². The van der Waals surface area contributed by atoms with Gasteiger partial charge in [0.05, 0.1) is 22.2 Å². The van der Waals surface area contributed by atoms with Gasteiger partial charge in [0.15, 0.2) is 0 Å². The Labute approximate surface area is 180 Å². The van der Waals surface area contributed by atoms with Crippen molar-refractivity contribution in [1.82, 2.24) is 19.6 Å². The number of carbonyl (C=O) groups is 1. The largest absolute Gasteiger partial charge is 0.377 e. The number of amides is 1. The Morgan fingerprint density at radius 3 is 2.63 bits per heavy atom. The maximum atomic E-state index is 13.4. The predicted octanol–water partition coefficient (Wildman–Crippen LogP) is 3.54. The molecule has 7 heteroatoms. The Bertz CT molecular complexity index is 972. The van der Waals surface area contributed by atoms with Crippen LogP contribution in [0.2, 0.25) is 0 Å². The molecule has 0 aliphatic carbocycles. The van der Waals surface area contributed by atoms with Gasteiger partial charge in [0.1, 0.15) is 5.69 Å². The third kappa shape index (κ3) is 4.05. The summed E-state index contributed by atoms with van der Waals surface area (Å²) in [7, 11) is 0. The Morgan fingerprint density at radius 1 is 1.10 bits per heavy atom. The van der Waals surface area contributed by atoms with Gasteiger partial charge in [-0.15, -0.1) is 11.3 Å². The lowest BCUT2D eigenvalue weighted by atomic mass is 10.1. The van der Waals surface area contributed by atoms with Crippen LogP contribution >= 0.6 is 11.3 Å². The standard InChI is InChI=1S/C23H26N4O2S/c28-23(26-12-10-25(11-13-26)16-19-8-4-14-29-19)20-17-27(18-6-2-1-3-7-18)24-22(20)21-9-5-15-30-21/h1-3,5-7,9,15,17,19H,4,8,10-14,16H2/t19-/m0/s1. The molecule has 0 saturated carbocycles. The highest BCUT2D eigenvalue weighted by Crippen LogP contribution is 2.29. The number of thiophene rings is 1. The molecule has 0 radical (unpaired) electrons. The van der Waals surface area contributed by atoms with Crippen molar-refractivity contribution < 1.29 is 9.53 Å². The topological polar surface area (TPSA) is 50.6 Å². The van der Waals surface area contributed by atoms with E-state index in [1.165, 1.54) is 6.42 Å². The average Bonchev–Trinajstić information content (AvgIpc) is 3.55. The molecule has 1 atom stereocenters. The molecule has 2 saturated heterocycles. The zero-order valence-electron chi connectivity index (χ0n) is 16.9. The Morgan fingerprint density at radius 2 is 1.93 bits per heavy atom. The molecule has 0 unspecified atom stereocenters. The second-order valence-electron chi connectivity index (χ2n) is 7.88. The van der Waals surface area contributed by atoms with Crippen molar-refractivity contribution in [3.8, 4) is 16.3 Å². The minimum absolute atomic E-state index is 0.0670. The maximum absolute atomic E-state index is 13.4. The smallest absolute Gasteiger partial charge is 0.257 e. The zero-order valence-corrected chi connectivity index (χ0v) is 17.8. The summed E-state index contributed by atoms with van der Waals surface area (Å²) in [6, 6.07) is 14.0. The van der Waals surface area contributed by atoms with Crippen molar-refractivity contribution in [2.75, 3.05) is 39.3 Å². The SMILES string of the molecule is O=C(c1cn(-c2ccccc2)nc1-c1cccs1)N1CCN(C[C@@H]2CCCO2)CC1. The molecular formula is C23H26N4O2S. The fourth-order valence-corrected chi connectivity index (χ4v) is 4.94. The number of para-hydroxylation sites is 1. The van der Waals surface area contributed by atoms with Crippen LogP contribution < -0.4 is 0 Å². The van der Waals surface area contributed by atoms with E-state index in [4.69, 9.17) is 9.84 Å². The van der Waals surface area contributed by atoms with E-state index >= 15 is 0 Å². The molecule has 1 aromatic carbocycles. The molecule has 0 N–H and O–H groups in total. The zero-order chi connectivity index (χ0) is 20.3. The van der Waals surface area contributed by atoms with E-state index in [9.17, 15) is 4.79 Å². The maximum Gasteiger partial charge on any atom is 0.257 e. The molecule has 2 aliphatic rings. The van der Waals surface area contributed by atoms with E-state index in [0.29, 0.717) is 11.7 Å². The van der Waals surface area contributed by atoms with Gasteiger partial charge < -0.3 is 9.64 Å². The van der Waals surface area contributed by atoms with Gasteiger partial charge in [0, 0.05) is 45.5 Å². The second-order valence-corrected chi connectivity index (χ2v) is 8.82. The number of hydrogen-bond donors (Lipinski definition) is 0. The number of benzene rings is 1. The van der Waals surface area contributed by atoms with Crippen molar-refractivity contribution in [2.45, 2.75) is 18.9 Å². The first-order chi connectivity index (χ1) is 14.8. The van der Waals surface area contributed by atoms with Crippen LogP contribution in [0.25, 0.3) is 16.3 Å². The Balaban J connectivity index is 1.34. The van der Waals surface area contributed by atoms with Gasteiger partial charge in [-0.05, 0) is 36.4 Å². The fourth-order valence-electron chi connectivity index (χ4n) is 4.22. The molecule has 2 aliphatic heterocycles. The monoisotopic (exact) mass is 422 g/mol. The molecule has 2 aromatic heterocycles. The summed E-state index contributed by atoms with van der Waals surface area (Å²) in [6.07, 6.45) is 4.56. The van der Waals surface area contributed by atoms with Gasteiger partial charge in [-0.3, -0.25) is 9.69 Å². The van der Waals surface area contributed by atoms with Crippen molar-refractivity contribution in [3.05, 3.63) is 59.6 Å². The van der Waals surface area contributed by atoms with Crippen molar-refractivity contribution in [2.24, 2.45) is 0 Å². The lowest BCUT2D eigenvalue weighted by molar-refractivity contribution is 0.0433. The summed E-state index contributed by atoms with van der Waals surface area (Å²) in [4.78, 5) is 18.9. The van der Waals surface area contributed by atoms with Crippen molar-refractivity contribution in [3.63, 3.8) is 0 Å². The van der Waals surface area contributed by atoms with Crippen LogP contribution in [0.15, 0.2) is 54.0 Å². The molecule has 5 rings (SSSR count). The third-order valence-corrected chi connectivity index (χ3v) is 6.74. The number of nitrogens with zero attached hydrogens (tertiary/aromatic N) is 4. The molecular weight excluding hydrogens is 396 g/mol. The first-order valence-electron chi connectivity index (χ1n) is 10.6. The number of ether oxygens (including phenoxy) is 1. The van der Waals surface area contributed by atoms with E-state index < -0.39 is 0 Å². The minimum atomic E-state index is 0.0670. The van der Waals surface area contributed by atoms with E-state index in [1.807, 2.05) is 63.6 Å². The highest BCUT2D eigenvalue weighted by Gasteiger charge is 2.28. The van der Waals surface area contributed by atoms with Crippen LogP contribution in [-0.2, 0) is 4.74 Å². The summed E-state index contributed by atoms with van der Waals surface area (Å²) < 4.78 is 7.58. The molecule has 0 spiro atoms. The molecule has 6 nitrogen and oxygen atoms in total. The molecule has 3 aromatic rings. The van der Waals surface area contributed by atoms with Gasteiger partial charge in [0.25, 0.3) is 5.91 Å². The molecule has 156 valence electrons. The highest BCUT2D eigenvalue weighted by molar-refractivity contribution is 7.13. The normalized spacial score (nSPS) is 20.0. The average molecular weight is 423 g/mol. The predicted molar refractivity (Wildman–Crippen MR) is 118 cm³/mol. The van der Waals surface area contributed by atoms with E-state index in [1.54, 1.807) is 11.3 Å². The van der Waals surface area contributed by atoms with Crippen LogP contribution in [0, 0.1) is 0 Å². The van der Waals surface area contributed by atoms with Gasteiger partial charge in [-0.1, -0.05) is 24.3 Å². The summed E-state index contributed by atoms with van der Waals surface area (Å²) in [6.45, 7) is 5.14. The van der Waals surface area contributed by atoms with E-state index in [0.717, 1.165) is 62.0 Å². The number of hydrogen-bond acceptors (Lipinski definition) is 5.